The largest absolute Gasteiger partial charge is 0.507 e. The number of fused-ring (bicyclic) bond motifs is 2. The fourth-order valence-corrected chi connectivity index (χ4v) is 4.75. The maximum absolute atomic E-state index is 13.4. The average Bonchev–Trinajstić information content (AvgIpc) is 2.93. The predicted molar refractivity (Wildman–Crippen MR) is 135 cm³/mol. The summed E-state index contributed by atoms with van der Waals surface area (Å²) < 4.78 is 16.3. The third kappa shape index (κ3) is 4.80. The first-order valence-corrected chi connectivity index (χ1v) is 12.2. The van der Waals surface area contributed by atoms with Crippen LogP contribution >= 0.6 is 0 Å². The van der Waals surface area contributed by atoms with E-state index in [1.165, 1.54) is 30.3 Å². The van der Waals surface area contributed by atoms with Crippen molar-refractivity contribution < 1.29 is 64.3 Å². The number of hydrogen-bond acceptors (Lipinski definition) is 13. The fraction of sp³-hybridized carbons (Fsp3) is 0.250. The van der Waals surface area contributed by atoms with Crippen LogP contribution in [0.4, 0.5) is 0 Å². The molecular formula is C28H24O13. The van der Waals surface area contributed by atoms with Gasteiger partial charge in [-0.15, -0.1) is 0 Å². The number of carbonyl (C=O) groups is 3. The van der Waals surface area contributed by atoms with Crippen molar-refractivity contribution in [3.8, 4) is 28.7 Å². The third-order valence-corrected chi connectivity index (χ3v) is 6.83. The molecule has 1 saturated heterocycles. The van der Waals surface area contributed by atoms with Gasteiger partial charge in [0.1, 0.15) is 42.5 Å². The molecule has 3 aromatic rings. The molecule has 1 aliphatic carbocycles. The van der Waals surface area contributed by atoms with Crippen LogP contribution in [-0.2, 0) is 9.47 Å². The second-order valence-electron chi connectivity index (χ2n) is 9.64. The highest BCUT2D eigenvalue weighted by Crippen LogP contribution is 2.39. The van der Waals surface area contributed by atoms with E-state index >= 15 is 0 Å². The smallest absolute Gasteiger partial charge is 0.338 e. The van der Waals surface area contributed by atoms with Crippen molar-refractivity contribution >= 4 is 17.5 Å². The van der Waals surface area contributed by atoms with Crippen molar-refractivity contribution in [3.05, 3.63) is 75.8 Å². The van der Waals surface area contributed by atoms with Gasteiger partial charge in [0, 0.05) is 11.1 Å². The van der Waals surface area contributed by atoms with Gasteiger partial charge >= 0.3 is 5.97 Å². The zero-order valence-corrected chi connectivity index (χ0v) is 21.2. The molecule has 1 aliphatic heterocycles. The topological polar surface area (TPSA) is 221 Å². The Balaban J connectivity index is 1.38. The van der Waals surface area contributed by atoms with Crippen molar-refractivity contribution in [2.75, 3.05) is 6.61 Å². The van der Waals surface area contributed by atoms with E-state index in [-0.39, 0.29) is 33.6 Å². The second-order valence-corrected chi connectivity index (χ2v) is 9.64. The van der Waals surface area contributed by atoms with Crippen LogP contribution in [0, 0.1) is 6.92 Å². The van der Waals surface area contributed by atoms with Gasteiger partial charge in [-0.05, 0) is 42.8 Å². The van der Waals surface area contributed by atoms with Crippen LogP contribution < -0.4 is 4.74 Å². The molecule has 41 heavy (non-hydrogen) atoms. The van der Waals surface area contributed by atoms with E-state index in [2.05, 4.69) is 0 Å². The standard InChI is InChI=1S/C28H24O13/c1-10-5-13-19(14(29)6-10)24(35)20-12(21(13)32)3-2-4-17(20)40-28-26(37)25(36)23(34)18(41-28)9-39-27(38)11-7-15(30)22(33)16(31)8-11/h2-8,18,23,25-26,28-31,33-34,36-37H,9H2,1H3. The maximum atomic E-state index is 13.4. The number of aliphatic hydroxyl groups excluding tert-OH is 3. The number of esters is 1. The number of aryl methyl sites for hydroxylation is 1. The van der Waals surface area contributed by atoms with Crippen molar-refractivity contribution in [3.63, 3.8) is 0 Å². The van der Waals surface area contributed by atoms with E-state index in [4.69, 9.17) is 14.2 Å². The van der Waals surface area contributed by atoms with Crippen LogP contribution in [0.2, 0.25) is 0 Å². The van der Waals surface area contributed by atoms with Crippen LogP contribution in [0.25, 0.3) is 0 Å². The summed E-state index contributed by atoms with van der Waals surface area (Å²) in [5.41, 5.74) is -0.232. The molecule has 5 rings (SSSR count). The number of aliphatic hydroxyl groups is 3. The summed E-state index contributed by atoms with van der Waals surface area (Å²) in [6.07, 6.45) is -8.66. The summed E-state index contributed by atoms with van der Waals surface area (Å²) in [5, 5.41) is 70.5. The Labute approximate surface area is 231 Å². The van der Waals surface area contributed by atoms with Crippen LogP contribution in [0.15, 0.2) is 42.5 Å². The first-order chi connectivity index (χ1) is 19.4. The van der Waals surface area contributed by atoms with Gasteiger partial charge < -0.3 is 50.0 Å². The molecule has 13 heteroatoms. The van der Waals surface area contributed by atoms with Crippen LogP contribution in [0.5, 0.6) is 28.7 Å². The van der Waals surface area contributed by atoms with E-state index in [1.807, 2.05) is 0 Å². The quantitative estimate of drug-likeness (QED) is 0.130. The molecule has 5 atom stereocenters. The van der Waals surface area contributed by atoms with Crippen LogP contribution in [0.1, 0.15) is 47.8 Å². The normalized spacial score (nSPS) is 23.5. The minimum atomic E-state index is -1.86. The molecule has 1 heterocycles. The summed E-state index contributed by atoms with van der Waals surface area (Å²) in [4.78, 5) is 39.0. The third-order valence-electron chi connectivity index (χ3n) is 6.83. The lowest BCUT2D eigenvalue weighted by molar-refractivity contribution is -0.277. The Hall–Kier alpha value is -4.69. The van der Waals surface area contributed by atoms with Gasteiger partial charge in [0.15, 0.2) is 23.0 Å². The van der Waals surface area contributed by atoms with E-state index < -0.39 is 77.8 Å². The SMILES string of the molecule is Cc1cc(O)c2c(c1)C(=O)c1cccc(OC3OC(COC(=O)c4cc(O)c(O)c(O)c4)C(O)C(O)C3O)c1C2=O. The minimum Gasteiger partial charge on any atom is -0.507 e. The lowest BCUT2D eigenvalue weighted by Gasteiger charge is -2.40. The Bertz CT molecular complexity index is 1560. The highest BCUT2D eigenvalue weighted by atomic mass is 16.7. The first kappa shape index (κ1) is 27.9. The van der Waals surface area contributed by atoms with E-state index in [0.717, 1.165) is 12.1 Å². The van der Waals surface area contributed by atoms with Gasteiger partial charge in [-0.1, -0.05) is 12.1 Å². The summed E-state index contributed by atoms with van der Waals surface area (Å²) in [7, 11) is 0. The van der Waals surface area contributed by atoms with E-state index in [0.29, 0.717) is 5.56 Å². The number of ether oxygens (including phenoxy) is 3. The van der Waals surface area contributed by atoms with Gasteiger partial charge in [0.25, 0.3) is 0 Å². The monoisotopic (exact) mass is 568 g/mol. The number of benzene rings is 3. The predicted octanol–water partition coefficient (Wildman–Crippen LogP) is 0.636. The molecule has 0 bridgehead atoms. The number of carbonyl (C=O) groups excluding carboxylic acids is 3. The number of aromatic hydroxyl groups is 4. The van der Waals surface area contributed by atoms with E-state index in [9.17, 15) is 50.1 Å². The molecule has 0 radical (unpaired) electrons. The molecule has 3 aromatic carbocycles. The zero-order chi connectivity index (χ0) is 29.7. The van der Waals surface area contributed by atoms with Crippen molar-refractivity contribution in [2.24, 2.45) is 0 Å². The summed E-state index contributed by atoms with van der Waals surface area (Å²) in [6.45, 7) is 0.956. The molecule has 7 N–H and O–H groups in total. The fourth-order valence-electron chi connectivity index (χ4n) is 4.75. The molecule has 0 amide bonds. The van der Waals surface area contributed by atoms with Crippen molar-refractivity contribution in [1.82, 2.24) is 0 Å². The lowest BCUT2D eigenvalue weighted by Crippen LogP contribution is -2.60. The number of phenolic OH excluding ortho intramolecular Hbond substituents is 4. The van der Waals surface area contributed by atoms with Crippen molar-refractivity contribution in [2.45, 2.75) is 37.6 Å². The van der Waals surface area contributed by atoms with Crippen LogP contribution in [0.3, 0.4) is 0 Å². The van der Waals surface area contributed by atoms with Gasteiger partial charge in [-0.2, -0.15) is 0 Å². The number of hydrogen-bond donors (Lipinski definition) is 7. The minimum absolute atomic E-state index is 0.0155. The summed E-state index contributed by atoms with van der Waals surface area (Å²) in [5.74, 6) is -5.41. The van der Waals surface area contributed by atoms with Gasteiger partial charge in [-0.25, -0.2) is 4.79 Å². The van der Waals surface area contributed by atoms with Crippen molar-refractivity contribution in [1.29, 1.82) is 0 Å². The molecule has 0 aromatic heterocycles. The molecule has 5 unspecified atom stereocenters. The highest BCUT2D eigenvalue weighted by Gasteiger charge is 2.46. The molecule has 0 spiro atoms. The second kappa shape index (κ2) is 10.4. The average molecular weight is 568 g/mol. The number of ketones is 2. The zero-order valence-electron chi connectivity index (χ0n) is 21.2. The summed E-state index contributed by atoms with van der Waals surface area (Å²) >= 11 is 0. The molecule has 1 fully saturated rings. The molecule has 13 nitrogen and oxygen atoms in total. The number of rotatable bonds is 5. The first-order valence-electron chi connectivity index (χ1n) is 12.2. The van der Waals surface area contributed by atoms with E-state index in [1.54, 1.807) is 6.92 Å². The Morgan fingerprint density at radius 3 is 2.20 bits per heavy atom. The molecule has 0 saturated carbocycles. The Morgan fingerprint density at radius 2 is 1.51 bits per heavy atom. The number of phenols is 4. The van der Waals surface area contributed by atoms with Gasteiger partial charge in [0.2, 0.25) is 12.1 Å². The summed E-state index contributed by atoms with van der Waals surface area (Å²) in [6, 6.07) is 8.58. The van der Waals surface area contributed by atoms with Gasteiger partial charge in [0.05, 0.1) is 16.7 Å². The highest BCUT2D eigenvalue weighted by molar-refractivity contribution is 6.30. The molecule has 214 valence electrons. The molecular weight excluding hydrogens is 544 g/mol. The maximum Gasteiger partial charge on any atom is 0.338 e. The Kier molecular flexibility index (Phi) is 7.05. The molecule has 2 aliphatic rings. The van der Waals surface area contributed by atoms with Crippen LogP contribution in [-0.4, -0.2) is 90.6 Å². The van der Waals surface area contributed by atoms with Gasteiger partial charge in [-0.3, -0.25) is 9.59 Å². The Morgan fingerprint density at radius 1 is 0.829 bits per heavy atom. The lowest BCUT2D eigenvalue weighted by atomic mass is 9.82.